The Morgan fingerprint density at radius 3 is 2.60 bits per heavy atom. The van der Waals surface area contributed by atoms with Gasteiger partial charge in [-0.2, -0.15) is 0 Å². The third-order valence-electron chi connectivity index (χ3n) is 2.72. The highest BCUT2D eigenvalue weighted by molar-refractivity contribution is 8.14. The zero-order valence-corrected chi connectivity index (χ0v) is 11.8. The number of rotatable bonds is 3. The molecule has 0 aliphatic carbocycles. The molecule has 1 aliphatic heterocycles. The van der Waals surface area contributed by atoms with Crippen molar-refractivity contribution < 1.29 is 19.1 Å². The molecule has 1 atom stereocenters. The minimum absolute atomic E-state index is 0.0217. The van der Waals surface area contributed by atoms with Crippen LogP contribution in [0.1, 0.15) is 23.7 Å². The molecule has 1 aromatic rings. The number of anilines is 1. The molecule has 2 rings (SSSR count). The smallest absolute Gasteiger partial charge is 0.341 e. The van der Waals surface area contributed by atoms with E-state index >= 15 is 0 Å². The summed E-state index contributed by atoms with van der Waals surface area (Å²) >= 11 is 1.14. The average molecular weight is 295 g/mol. The quantitative estimate of drug-likeness (QED) is 0.756. The Morgan fingerprint density at radius 1 is 1.40 bits per heavy atom. The van der Waals surface area contributed by atoms with Crippen LogP contribution in [0.3, 0.4) is 0 Å². The fourth-order valence-corrected chi connectivity index (χ4v) is 2.78. The van der Waals surface area contributed by atoms with Gasteiger partial charge in [0.1, 0.15) is 0 Å². The SMILES string of the molecule is COC(=O)c1cnc(N2CC(SC(C)=O)CC2=O)nc1. The first-order valence-electron chi connectivity index (χ1n) is 5.89. The maximum absolute atomic E-state index is 11.9. The molecule has 7 nitrogen and oxygen atoms in total. The number of amides is 1. The van der Waals surface area contributed by atoms with E-state index < -0.39 is 5.97 Å². The molecule has 2 heterocycles. The largest absolute Gasteiger partial charge is 0.465 e. The number of nitrogens with zero attached hydrogens (tertiary/aromatic N) is 3. The maximum atomic E-state index is 11.9. The van der Waals surface area contributed by atoms with Gasteiger partial charge in [-0.05, 0) is 0 Å². The molecule has 1 fully saturated rings. The summed E-state index contributed by atoms with van der Waals surface area (Å²) in [6.07, 6.45) is 2.91. The van der Waals surface area contributed by atoms with E-state index in [-0.39, 0.29) is 34.2 Å². The zero-order valence-electron chi connectivity index (χ0n) is 11.0. The molecule has 0 saturated carbocycles. The molecule has 0 spiro atoms. The van der Waals surface area contributed by atoms with Crippen molar-refractivity contribution in [3.05, 3.63) is 18.0 Å². The first-order valence-corrected chi connectivity index (χ1v) is 6.77. The van der Waals surface area contributed by atoms with Gasteiger partial charge >= 0.3 is 5.97 Å². The molecule has 106 valence electrons. The van der Waals surface area contributed by atoms with E-state index in [4.69, 9.17) is 0 Å². The van der Waals surface area contributed by atoms with E-state index in [1.807, 2.05) is 0 Å². The van der Waals surface area contributed by atoms with E-state index in [1.54, 1.807) is 0 Å². The van der Waals surface area contributed by atoms with E-state index in [1.165, 1.54) is 31.3 Å². The van der Waals surface area contributed by atoms with Crippen molar-refractivity contribution in [3.63, 3.8) is 0 Å². The third kappa shape index (κ3) is 3.13. The number of esters is 1. The van der Waals surface area contributed by atoms with Crippen LogP contribution < -0.4 is 4.90 Å². The van der Waals surface area contributed by atoms with Gasteiger partial charge in [0, 0.05) is 37.5 Å². The minimum Gasteiger partial charge on any atom is -0.465 e. The van der Waals surface area contributed by atoms with Gasteiger partial charge in [-0.1, -0.05) is 11.8 Å². The Balaban J connectivity index is 2.10. The molecule has 0 N–H and O–H groups in total. The Hall–Kier alpha value is -1.96. The molecular formula is C12H13N3O4S. The minimum atomic E-state index is -0.533. The predicted molar refractivity (Wildman–Crippen MR) is 72.4 cm³/mol. The number of hydrogen-bond donors (Lipinski definition) is 0. The Kier molecular flexibility index (Phi) is 4.33. The van der Waals surface area contributed by atoms with Gasteiger partial charge in [0.15, 0.2) is 5.12 Å². The molecule has 1 aliphatic rings. The number of carbonyl (C=O) groups excluding carboxylic acids is 3. The van der Waals surface area contributed by atoms with E-state index in [2.05, 4.69) is 14.7 Å². The molecular weight excluding hydrogens is 282 g/mol. The van der Waals surface area contributed by atoms with Crippen LogP contribution in [0.5, 0.6) is 0 Å². The highest BCUT2D eigenvalue weighted by Gasteiger charge is 2.33. The zero-order chi connectivity index (χ0) is 14.7. The summed E-state index contributed by atoms with van der Waals surface area (Å²) in [4.78, 5) is 43.6. The van der Waals surface area contributed by atoms with Crippen LogP contribution in [-0.4, -0.2) is 45.9 Å². The molecule has 1 saturated heterocycles. The molecule has 1 unspecified atom stereocenters. The van der Waals surface area contributed by atoms with Crippen LogP contribution in [0.4, 0.5) is 5.95 Å². The number of aromatic nitrogens is 2. The van der Waals surface area contributed by atoms with Crippen LogP contribution >= 0.6 is 11.8 Å². The highest BCUT2D eigenvalue weighted by Crippen LogP contribution is 2.26. The molecule has 1 amide bonds. The van der Waals surface area contributed by atoms with Gasteiger partial charge in [-0.3, -0.25) is 14.5 Å². The van der Waals surface area contributed by atoms with Gasteiger partial charge in [0.05, 0.1) is 12.7 Å². The van der Waals surface area contributed by atoms with Crippen molar-refractivity contribution in [1.82, 2.24) is 9.97 Å². The Labute approximate surface area is 119 Å². The predicted octanol–water partition coefficient (Wildman–Crippen LogP) is 0.648. The van der Waals surface area contributed by atoms with Crippen molar-refractivity contribution in [3.8, 4) is 0 Å². The lowest BCUT2D eigenvalue weighted by Gasteiger charge is -2.13. The summed E-state index contributed by atoms with van der Waals surface area (Å²) in [5.41, 5.74) is 0.220. The Bertz CT molecular complexity index is 546. The first-order chi connectivity index (χ1) is 9.51. The van der Waals surface area contributed by atoms with Crippen molar-refractivity contribution in [2.75, 3.05) is 18.6 Å². The average Bonchev–Trinajstić information content (AvgIpc) is 2.78. The first kappa shape index (κ1) is 14.4. The lowest BCUT2D eigenvalue weighted by atomic mass is 10.3. The number of methoxy groups -OCH3 is 1. The number of hydrogen-bond acceptors (Lipinski definition) is 7. The van der Waals surface area contributed by atoms with E-state index in [0.717, 1.165) is 11.8 Å². The van der Waals surface area contributed by atoms with Gasteiger partial charge in [0.25, 0.3) is 0 Å². The topological polar surface area (TPSA) is 89.5 Å². The summed E-state index contributed by atoms with van der Waals surface area (Å²) in [6, 6.07) is 0. The van der Waals surface area contributed by atoms with Crippen LogP contribution in [0, 0.1) is 0 Å². The lowest BCUT2D eigenvalue weighted by Crippen LogP contribution is -2.27. The fraction of sp³-hybridized carbons (Fsp3) is 0.417. The summed E-state index contributed by atoms with van der Waals surface area (Å²) < 4.78 is 4.54. The summed E-state index contributed by atoms with van der Waals surface area (Å²) in [7, 11) is 1.27. The second-order valence-corrected chi connectivity index (χ2v) is 5.68. The van der Waals surface area contributed by atoms with Gasteiger partial charge < -0.3 is 4.74 Å². The summed E-state index contributed by atoms with van der Waals surface area (Å²) in [6.45, 7) is 1.86. The number of carbonyl (C=O) groups is 3. The molecule has 1 aromatic heterocycles. The van der Waals surface area contributed by atoms with Crippen LogP contribution in [0.2, 0.25) is 0 Å². The normalized spacial score (nSPS) is 18.2. The standard InChI is InChI=1S/C12H13N3O4S/c1-7(16)20-9-3-10(17)15(6-9)12-13-4-8(5-14-12)11(18)19-2/h4-5,9H,3,6H2,1-2H3. The van der Waals surface area contributed by atoms with Crippen molar-refractivity contribution >= 4 is 34.7 Å². The second kappa shape index (κ2) is 6.00. The molecule has 0 bridgehead atoms. The monoisotopic (exact) mass is 295 g/mol. The number of ether oxygens (including phenoxy) is 1. The van der Waals surface area contributed by atoms with Crippen molar-refractivity contribution in [2.45, 2.75) is 18.6 Å². The van der Waals surface area contributed by atoms with Crippen molar-refractivity contribution in [2.24, 2.45) is 0 Å². The molecule has 0 aromatic carbocycles. The Morgan fingerprint density at radius 2 is 2.05 bits per heavy atom. The van der Waals surface area contributed by atoms with Crippen LogP contribution in [0.25, 0.3) is 0 Å². The van der Waals surface area contributed by atoms with Gasteiger partial charge in [0.2, 0.25) is 11.9 Å². The van der Waals surface area contributed by atoms with E-state index in [0.29, 0.717) is 6.54 Å². The van der Waals surface area contributed by atoms with Crippen LogP contribution in [0.15, 0.2) is 12.4 Å². The number of thioether (sulfide) groups is 1. The molecule has 8 heteroatoms. The summed E-state index contributed by atoms with van der Waals surface area (Å²) in [5.74, 6) is -0.432. The van der Waals surface area contributed by atoms with Crippen molar-refractivity contribution in [1.29, 1.82) is 0 Å². The summed E-state index contributed by atoms with van der Waals surface area (Å²) in [5, 5.41) is -0.101. The second-order valence-electron chi connectivity index (χ2n) is 4.20. The lowest BCUT2D eigenvalue weighted by molar-refractivity contribution is -0.117. The highest BCUT2D eigenvalue weighted by atomic mass is 32.2. The fourth-order valence-electron chi connectivity index (χ4n) is 1.87. The molecule has 0 radical (unpaired) electrons. The van der Waals surface area contributed by atoms with Crippen LogP contribution in [-0.2, 0) is 14.3 Å². The molecule has 20 heavy (non-hydrogen) atoms. The van der Waals surface area contributed by atoms with Gasteiger partial charge in [-0.15, -0.1) is 0 Å². The third-order valence-corrected chi connectivity index (χ3v) is 3.70. The maximum Gasteiger partial charge on any atom is 0.341 e. The van der Waals surface area contributed by atoms with Gasteiger partial charge in [-0.25, -0.2) is 14.8 Å². The van der Waals surface area contributed by atoms with E-state index in [9.17, 15) is 14.4 Å².